The molecule has 0 amide bonds. The van der Waals surface area contributed by atoms with E-state index in [9.17, 15) is 5.21 Å². The van der Waals surface area contributed by atoms with Gasteiger partial charge >= 0.3 is 0 Å². The summed E-state index contributed by atoms with van der Waals surface area (Å²) in [5.41, 5.74) is -0.374. The summed E-state index contributed by atoms with van der Waals surface area (Å²) in [7, 11) is 0. The number of ether oxygens (including phenoxy) is 1. The standard InChI is InChI=1S/C14H29NO2/c1-7-11(3)17-12-9-13(4,5)15(16)14(6,8-2)10-12/h11-12,16H,7-10H2,1-6H3. The van der Waals surface area contributed by atoms with E-state index in [1.54, 1.807) is 5.06 Å². The maximum atomic E-state index is 10.3. The molecular weight excluding hydrogens is 214 g/mol. The molecule has 1 aliphatic rings. The van der Waals surface area contributed by atoms with E-state index in [2.05, 4.69) is 41.5 Å². The minimum absolute atomic E-state index is 0.167. The summed E-state index contributed by atoms with van der Waals surface area (Å²) in [6.45, 7) is 12.7. The smallest absolute Gasteiger partial charge is 0.0615 e. The van der Waals surface area contributed by atoms with Crippen molar-refractivity contribution in [1.29, 1.82) is 0 Å². The summed E-state index contributed by atoms with van der Waals surface area (Å²) in [5.74, 6) is 0. The van der Waals surface area contributed by atoms with Gasteiger partial charge in [0.25, 0.3) is 0 Å². The molecule has 0 aromatic carbocycles. The van der Waals surface area contributed by atoms with E-state index in [1.165, 1.54) is 0 Å². The molecule has 1 saturated heterocycles. The first kappa shape index (κ1) is 14.9. The van der Waals surface area contributed by atoms with Crippen molar-refractivity contribution >= 4 is 0 Å². The Kier molecular flexibility index (Phi) is 4.61. The zero-order valence-corrected chi connectivity index (χ0v) is 12.3. The summed E-state index contributed by atoms with van der Waals surface area (Å²) in [6, 6.07) is 0. The normalized spacial score (nSPS) is 35.8. The van der Waals surface area contributed by atoms with Crippen LogP contribution in [0.3, 0.4) is 0 Å². The van der Waals surface area contributed by atoms with Crippen LogP contribution in [0.15, 0.2) is 0 Å². The lowest BCUT2D eigenvalue weighted by atomic mass is 9.78. The van der Waals surface area contributed by atoms with Gasteiger partial charge in [0.15, 0.2) is 0 Å². The highest BCUT2D eigenvalue weighted by Gasteiger charge is 2.47. The lowest BCUT2D eigenvalue weighted by Gasteiger charge is -2.52. The number of rotatable bonds is 4. The Bertz CT molecular complexity index is 255. The molecule has 0 aromatic rings. The molecule has 1 N–H and O–H groups in total. The molecule has 3 nitrogen and oxygen atoms in total. The van der Waals surface area contributed by atoms with E-state index in [-0.39, 0.29) is 17.2 Å². The second-order valence-corrected chi connectivity index (χ2v) is 6.36. The summed E-state index contributed by atoms with van der Waals surface area (Å²) >= 11 is 0. The average Bonchev–Trinajstić information content (AvgIpc) is 2.25. The van der Waals surface area contributed by atoms with Crippen LogP contribution in [-0.4, -0.2) is 33.6 Å². The van der Waals surface area contributed by atoms with Crippen LogP contribution in [0, 0.1) is 0 Å². The van der Waals surface area contributed by atoms with Crippen LogP contribution in [0.1, 0.15) is 67.2 Å². The Labute approximate surface area is 106 Å². The van der Waals surface area contributed by atoms with Gasteiger partial charge in [-0.2, -0.15) is 5.06 Å². The van der Waals surface area contributed by atoms with Gasteiger partial charge < -0.3 is 9.94 Å². The van der Waals surface area contributed by atoms with Crippen LogP contribution < -0.4 is 0 Å². The largest absolute Gasteiger partial charge is 0.375 e. The van der Waals surface area contributed by atoms with Gasteiger partial charge in [-0.15, -0.1) is 0 Å². The summed E-state index contributed by atoms with van der Waals surface area (Å²) in [5, 5.41) is 11.9. The average molecular weight is 243 g/mol. The molecule has 1 rings (SSSR count). The van der Waals surface area contributed by atoms with Gasteiger partial charge in [0.2, 0.25) is 0 Å². The van der Waals surface area contributed by atoms with Crippen molar-refractivity contribution < 1.29 is 9.94 Å². The Morgan fingerprint density at radius 3 is 2.35 bits per heavy atom. The molecule has 3 atom stereocenters. The van der Waals surface area contributed by atoms with E-state index in [0.29, 0.717) is 6.10 Å². The Hall–Kier alpha value is -0.120. The maximum Gasteiger partial charge on any atom is 0.0615 e. The van der Waals surface area contributed by atoms with Gasteiger partial charge in [-0.25, -0.2) is 0 Å². The Morgan fingerprint density at radius 1 is 1.29 bits per heavy atom. The second-order valence-electron chi connectivity index (χ2n) is 6.36. The molecule has 0 spiro atoms. The van der Waals surface area contributed by atoms with Crippen LogP contribution in [0.2, 0.25) is 0 Å². The molecule has 102 valence electrons. The van der Waals surface area contributed by atoms with Crippen molar-refractivity contribution in [3.63, 3.8) is 0 Å². The molecule has 3 heteroatoms. The predicted molar refractivity (Wildman–Crippen MR) is 70.3 cm³/mol. The van der Waals surface area contributed by atoms with Crippen LogP contribution >= 0.6 is 0 Å². The van der Waals surface area contributed by atoms with E-state index in [0.717, 1.165) is 25.7 Å². The molecule has 1 heterocycles. The van der Waals surface area contributed by atoms with Gasteiger partial charge in [0.05, 0.1) is 12.2 Å². The van der Waals surface area contributed by atoms with Crippen LogP contribution in [0.5, 0.6) is 0 Å². The van der Waals surface area contributed by atoms with E-state index in [1.807, 2.05) is 0 Å². The first-order chi connectivity index (χ1) is 7.75. The van der Waals surface area contributed by atoms with Crippen molar-refractivity contribution in [2.24, 2.45) is 0 Å². The molecule has 0 aromatic heterocycles. The van der Waals surface area contributed by atoms with Crippen molar-refractivity contribution in [2.75, 3.05) is 0 Å². The molecule has 0 bridgehead atoms. The van der Waals surface area contributed by atoms with Gasteiger partial charge in [-0.3, -0.25) is 0 Å². The SMILES string of the molecule is CCC(C)OC1CC(C)(C)N(O)C(C)(CC)C1. The summed E-state index contributed by atoms with van der Waals surface area (Å²) in [4.78, 5) is 0. The molecule has 0 aliphatic carbocycles. The molecule has 1 aliphatic heterocycles. The third-order valence-electron chi connectivity index (χ3n) is 4.24. The van der Waals surface area contributed by atoms with Gasteiger partial charge in [-0.1, -0.05) is 13.8 Å². The number of hydrogen-bond donors (Lipinski definition) is 1. The zero-order chi connectivity index (χ0) is 13.3. The molecule has 0 radical (unpaired) electrons. The lowest BCUT2D eigenvalue weighted by molar-refractivity contribution is -0.270. The Morgan fingerprint density at radius 2 is 1.88 bits per heavy atom. The number of nitrogens with zero attached hydrogens (tertiary/aromatic N) is 1. The number of hydrogen-bond acceptors (Lipinski definition) is 3. The minimum atomic E-state index is -0.207. The molecule has 17 heavy (non-hydrogen) atoms. The highest BCUT2D eigenvalue weighted by Crippen LogP contribution is 2.40. The summed E-state index contributed by atoms with van der Waals surface area (Å²) < 4.78 is 6.08. The van der Waals surface area contributed by atoms with Gasteiger partial charge in [0.1, 0.15) is 0 Å². The minimum Gasteiger partial charge on any atom is -0.375 e. The van der Waals surface area contributed by atoms with Gasteiger partial charge in [-0.05, 0) is 53.4 Å². The van der Waals surface area contributed by atoms with Crippen LogP contribution in [0.25, 0.3) is 0 Å². The van der Waals surface area contributed by atoms with Crippen molar-refractivity contribution in [1.82, 2.24) is 5.06 Å². The fraction of sp³-hybridized carbons (Fsp3) is 1.00. The lowest BCUT2D eigenvalue weighted by Crippen LogP contribution is -2.61. The first-order valence-electron chi connectivity index (χ1n) is 6.90. The first-order valence-corrected chi connectivity index (χ1v) is 6.90. The molecule has 0 saturated carbocycles. The summed E-state index contributed by atoms with van der Waals surface area (Å²) in [6.07, 6.45) is 4.35. The maximum absolute atomic E-state index is 10.3. The second kappa shape index (κ2) is 5.25. The number of piperidine rings is 1. The van der Waals surface area contributed by atoms with Crippen LogP contribution in [-0.2, 0) is 4.74 Å². The monoisotopic (exact) mass is 243 g/mol. The highest BCUT2D eigenvalue weighted by molar-refractivity contribution is 4.98. The molecular formula is C14H29NO2. The van der Waals surface area contributed by atoms with Gasteiger partial charge in [0, 0.05) is 11.1 Å². The van der Waals surface area contributed by atoms with Crippen LogP contribution in [0.4, 0.5) is 0 Å². The van der Waals surface area contributed by atoms with Crippen molar-refractivity contribution in [2.45, 2.75) is 90.5 Å². The third kappa shape index (κ3) is 3.21. The molecule has 3 unspecified atom stereocenters. The van der Waals surface area contributed by atoms with Crippen molar-refractivity contribution in [3.05, 3.63) is 0 Å². The van der Waals surface area contributed by atoms with E-state index < -0.39 is 0 Å². The van der Waals surface area contributed by atoms with E-state index >= 15 is 0 Å². The van der Waals surface area contributed by atoms with Crippen molar-refractivity contribution in [3.8, 4) is 0 Å². The molecule has 1 fully saturated rings. The number of hydroxylamine groups is 2. The quantitative estimate of drug-likeness (QED) is 0.819. The predicted octanol–water partition coefficient (Wildman–Crippen LogP) is 3.60. The zero-order valence-electron chi connectivity index (χ0n) is 12.3. The highest BCUT2D eigenvalue weighted by atomic mass is 16.5. The van der Waals surface area contributed by atoms with E-state index in [4.69, 9.17) is 4.74 Å². The Balaban J connectivity index is 2.78. The third-order valence-corrected chi connectivity index (χ3v) is 4.24. The fourth-order valence-corrected chi connectivity index (χ4v) is 2.84. The fourth-order valence-electron chi connectivity index (χ4n) is 2.84. The topological polar surface area (TPSA) is 32.7 Å².